The van der Waals surface area contributed by atoms with Crippen molar-refractivity contribution in [2.75, 3.05) is 26.3 Å². The lowest BCUT2D eigenvalue weighted by atomic mass is 9.89. The van der Waals surface area contributed by atoms with Crippen molar-refractivity contribution in [1.29, 1.82) is 0 Å². The van der Waals surface area contributed by atoms with E-state index in [4.69, 9.17) is 4.74 Å². The molecule has 4 nitrogen and oxygen atoms in total. The van der Waals surface area contributed by atoms with Crippen molar-refractivity contribution in [3.05, 3.63) is 23.5 Å². The highest BCUT2D eigenvalue weighted by atomic mass is 16.5. The lowest BCUT2D eigenvalue weighted by Crippen LogP contribution is -2.40. The third-order valence-corrected chi connectivity index (χ3v) is 4.95. The quantitative estimate of drug-likeness (QED) is 0.858. The first kappa shape index (κ1) is 14.6. The molecule has 21 heavy (non-hydrogen) atoms. The zero-order valence-corrected chi connectivity index (χ0v) is 13.0. The summed E-state index contributed by atoms with van der Waals surface area (Å²) in [5, 5.41) is 0. The van der Waals surface area contributed by atoms with Gasteiger partial charge in [0.2, 0.25) is 0 Å². The second-order valence-electron chi connectivity index (χ2n) is 6.38. The van der Waals surface area contributed by atoms with Crippen LogP contribution in [0.5, 0.6) is 0 Å². The fraction of sp³-hybridized carbons (Fsp3) is 0.706. The van der Waals surface area contributed by atoms with E-state index < -0.39 is 0 Å². The van der Waals surface area contributed by atoms with E-state index in [1.165, 1.54) is 32.1 Å². The Bertz CT molecular complexity index is 483. The summed E-state index contributed by atoms with van der Waals surface area (Å²) in [6, 6.07) is 2.00. The van der Waals surface area contributed by atoms with Crippen LogP contribution in [0.15, 0.2) is 12.3 Å². The number of carbonyl (C=O) groups excluding carboxylic acids is 1. The number of morpholine rings is 1. The van der Waals surface area contributed by atoms with Gasteiger partial charge in [0.15, 0.2) is 0 Å². The van der Waals surface area contributed by atoms with Gasteiger partial charge in [0.05, 0.1) is 18.8 Å². The Morgan fingerprint density at radius 2 is 1.95 bits per heavy atom. The first-order valence-electron chi connectivity index (χ1n) is 8.28. The summed E-state index contributed by atoms with van der Waals surface area (Å²) in [5.74, 6) is 0.953. The SMILES string of the molecule is Cc1c(C(=O)N2CCOCC2)ccn1CC1CCCCC1. The molecule has 3 rings (SSSR count). The third-order valence-electron chi connectivity index (χ3n) is 4.95. The van der Waals surface area contributed by atoms with Gasteiger partial charge in [-0.05, 0) is 31.7 Å². The lowest BCUT2D eigenvalue weighted by molar-refractivity contribution is 0.0302. The van der Waals surface area contributed by atoms with Crippen molar-refractivity contribution < 1.29 is 9.53 Å². The van der Waals surface area contributed by atoms with Crippen LogP contribution in [0.3, 0.4) is 0 Å². The fourth-order valence-electron chi connectivity index (χ4n) is 3.56. The molecule has 1 amide bonds. The molecular weight excluding hydrogens is 264 g/mol. The minimum Gasteiger partial charge on any atom is -0.378 e. The molecule has 1 saturated heterocycles. The predicted octanol–water partition coefficient (Wildman–Crippen LogP) is 2.85. The monoisotopic (exact) mass is 290 g/mol. The minimum atomic E-state index is 0.165. The highest BCUT2D eigenvalue weighted by Gasteiger charge is 2.22. The summed E-state index contributed by atoms with van der Waals surface area (Å²) < 4.78 is 7.60. The van der Waals surface area contributed by atoms with Gasteiger partial charge in [-0.15, -0.1) is 0 Å². The van der Waals surface area contributed by atoms with Gasteiger partial charge in [0.1, 0.15) is 0 Å². The van der Waals surface area contributed by atoms with Crippen molar-refractivity contribution in [3.63, 3.8) is 0 Å². The molecule has 0 radical (unpaired) electrons. The number of amides is 1. The van der Waals surface area contributed by atoms with Crippen molar-refractivity contribution in [3.8, 4) is 0 Å². The summed E-state index contributed by atoms with van der Waals surface area (Å²) in [5.41, 5.74) is 1.99. The molecule has 116 valence electrons. The molecule has 1 aliphatic carbocycles. The van der Waals surface area contributed by atoms with E-state index in [1.54, 1.807) is 0 Å². The summed E-state index contributed by atoms with van der Waals surface area (Å²) in [6.45, 7) is 5.90. The molecule has 0 aromatic carbocycles. The van der Waals surface area contributed by atoms with E-state index in [9.17, 15) is 4.79 Å². The van der Waals surface area contributed by atoms with Crippen LogP contribution < -0.4 is 0 Å². The number of ether oxygens (including phenoxy) is 1. The maximum Gasteiger partial charge on any atom is 0.255 e. The molecule has 0 spiro atoms. The van der Waals surface area contributed by atoms with Crippen LogP contribution >= 0.6 is 0 Å². The lowest BCUT2D eigenvalue weighted by Gasteiger charge is -2.27. The summed E-state index contributed by atoms with van der Waals surface area (Å²) in [6.07, 6.45) is 8.89. The minimum absolute atomic E-state index is 0.165. The molecule has 1 aromatic heterocycles. The molecule has 4 heteroatoms. The van der Waals surface area contributed by atoms with Gasteiger partial charge in [-0.3, -0.25) is 4.79 Å². The molecule has 1 aromatic rings. The van der Waals surface area contributed by atoms with E-state index in [2.05, 4.69) is 17.7 Å². The Morgan fingerprint density at radius 1 is 1.24 bits per heavy atom. The second kappa shape index (κ2) is 6.65. The fourth-order valence-corrected chi connectivity index (χ4v) is 3.56. The van der Waals surface area contributed by atoms with E-state index in [1.807, 2.05) is 11.0 Å². The van der Waals surface area contributed by atoms with Gasteiger partial charge in [0.25, 0.3) is 5.91 Å². The number of hydrogen-bond acceptors (Lipinski definition) is 2. The molecule has 1 saturated carbocycles. The molecule has 0 N–H and O–H groups in total. The predicted molar refractivity (Wildman–Crippen MR) is 82.5 cm³/mol. The summed E-state index contributed by atoms with van der Waals surface area (Å²) in [4.78, 5) is 14.5. The Hall–Kier alpha value is -1.29. The maximum absolute atomic E-state index is 12.6. The van der Waals surface area contributed by atoms with Crippen LogP contribution in [-0.4, -0.2) is 41.7 Å². The van der Waals surface area contributed by atoms with Crippen LogP contribution in [-0.2, 0) is 11.3 Å². The van der Waals surface area contributed by atoms with Crippen LogP contribution in [0.4, 0.5) is 0 Å². The average Bonchev–Trinajstić information content (AvgIpc) is 2.89. The molecule has 1 aliphatic heterocycles. The number of carbonyl (C=O) groups is 1. The molecule has 0 atom stereocenters. The number of aromatic nitrogens is 1. The molecule has 2 aliphatic rings. The average molecular weight is 290 g/mol. The molecule has 2 fully saturated rings. The van der Waals surface area contributed by atoms with Gasteiger partial charge in [-0.25, -0.2) is 0 Å². The molecule has 0 unspecified atom stereocenters. The highest BCUT2D eigenvalue weighted by Crippen LogP contribution is 2.26. The third kappa shape index (κ3) is 3.31. The largest absolute Gasteiger partial charge is 0.378 e. The van der Waals surface area contributed by atoms with Crippen molar-refractivity contribution in [1.82, 2.24) is 9.47 Å². The smallest absolute Gasteiger partial charge is 0.255 e. The van der Waals surface area contributed by atoms with E-state index >= 15 is 0 Å². The number of nitrogens with zero attached hydrogens (tertiary/aromatic N) is 2. The summed E-state index contributed by atoms with van der Waals surface area (Å²) in [7, 11) is 0. The standard InChI is InChI=1S/C17H26N2O2/c1-14-16(17(20)18-9-11-21-12-10-18)7-8-19(14)13-15-5-3-2-4-6-15/h7-8,15H,2-6,9-13H2,1H3. The number of hydrogen-bond donors (Lipinski definition) is 0. The van der Waals surface area contributed by atoms with Crippen LogP contribution in [0.1, 0.15) is 48.2 Å². The Morgan fingerprint density at radius 3 is 2.67 bits per heavy atom. The van der Waals surface area contributed by atoms with Gasteiger partial charge in [0, 0.05) is 31.5 Å². The zero-order chi connectivity index (χ0) is 14.7. The summed E-state index contributed by atoms with van der Waals surface area (Å²) >= 11 is 0. The normalized spacial score (nSPS) is 20.7. The molecular formula is C17H26N2O2. The van der Waals surface area contributed by atoms with E-state index in [-0.39, 0.29) is 5.91 Å². The van der Waals surface area contributed by atoms with Gasteiger partial charge in [-0.2, -0.15) is 0 Å². The second-order valence-corrected chi connectivity index (χ2v) is 6.38. The Kier molecular flexibility index (Phi) is 4.63. The van der Waals surface area contributed by atoms with E-state index in [0.29, 0.717) is 26.3 Å². The molecule has 0 bridgehead atoms. The Labute approximate surface area is 127 Å². The van der Waals surface area contributed by atoms with Crippen LogP contribution in [0.2, 0.25) is 0 Å². The van der Waals surface area contributed by atoms with Crippen molar-refractivity contribution >= 4 is 5.91 Å². The van der Waals surface area contributed by atoms with Gasteiger partial charge < -0.3 is 14.2 Å². The first-order chi connectivity index (χ1) is 10.3. The number of rotatable bonds is 3. The Balaban J connectivity index is 1.67. The highest BCUT2D eigenvalue weighted by molar-refractivity contribution is 5.95. The van der Waals surface area contributed by atoms with Crippen molar-refractivity contribution in [2.45, 2.75) is 45.6 Å². The van der Waals surface area contributed by atoms with Crippen LogP contribution in [0.25, 0.3) is 0 Å². The van der Waals surface area contributed by atoms with Crippen LogP contribution in [0, 0.1) is 12.8 Å². The van der Waals surface area contributed by atoms with Gasteiger partial charge in [-0.1, -0.05) is 19.3 Å². The van der Waals surface area contributed by atoms with Gasteiger partial charge >= 0.3 is 0 Å². The first-order valence-corrected chi connectivity index (χ1v) is 8.28. The zero-order valence-electron chi connectivity index (χ0n) is 13.0. The topological polar surface area (TPSA) is 34.5 Å². The van der Waals surface area contributed by atoms with E-state index in [0.717, 1.165) is 23.7 Å². The molecule has 2 heterocycles. The van der Waals surface area contributed by atoms with Crippen molar-refractivity contribution in [2.24, 2.45) is 5.92 Å². The maximum atomic E-state index is 12.6.